The van der Waals surface area contributed by atoms with Gasteiger partial charge >= 0.3 is 5.97 Å². The van der Waals surface area contributed by atoms with Crippen molar-refractivity contribution in [3.8, 4) is 0 Å². The summed E-state index contributed by atoms with van der Waals surface area (Å²) in [7, 11) is 4.56. The minimum atomic E-state index is -2.43. The normalized spacial score (nSPS) is 41.6. The van der Waals surface area contributed by atoms with E-state index in [1.54, 1.807) is 41.1 Å². The Balaban J connectivity index is 1.72. The number of Topliss-reactive ketones (excluding diaryl/α,β-unsaturated/α-hetero) is 3. The molecular weight excluding hydrogens is 973 g/mol. The van der Waals surface area contributed by atoms with Gasteiger partial charge in [-0.15, -0.1) is 0 Å². The van der Waals surface area contributed by atoms with Gasteiger partial charge in [-0.3, -0.25) is 19.2 Å². The first kappa shape index (κ1) is 57.2. The Morgan fingerprint density at radius 3 is 2.25 bits per heavy atom. The molecule has 1 amide bonds. The summed E-state index contributed by atoms with van der Waals surface area (Å²) in [6.07, 6.45) is 9.82. The molecule has 67 heavy (non-hydrogen) atoms. The number of fused-ring (bicyclic) bond motifs is 3. The van der Waals surface area contributed by atoms with Crippen LogP contribution in [0.4, 0.5) is 0 Å². The van der Waals surface area contributed by atoms with Gasteiger partial charge in [-0.1, -0.05) is 81.5 Å². The molecule has 4 rings (SSSR count). The summed E-state index contributed by atoms with van der Waals surface area (Å²) >= 11 is 2.38. The van der Waals surface area contributed by atoms with Gasteiger partial charge in [0.25, 0.3) is 11.7 Å². The standard InChI is InChI=1S/C52H82INO13/c1-30-23-34(5)46(57)48(65-11)51(8,61)36(7)25-32(3)42(56)29-44(33(4)26-37-19-21-41(55)45(27-37)64-10)66-50(60)40-17-12-13-22-54(40)49(59)47(58)52(62)35(6)18-20-39(67-52)28-43(63-9)31(2)15-14-16-38(53)24-30/h14-16,25,30,32-35,37-41,43-45,48,55,61-62H,12-13,17-24,26-29H2,1-11H3/b16-14+,31-15+,36-25+/t30-,32+,33+,34+,35+,37-,38?,39-,40-,41+,43-,44-,45+,48-,51-,52+/m0/s1. The van der Waals surface area contributed by atoms with Crippen LogP contribution in [0, 0.1) is 35.5 Å². The van der Waals surface area contributed by atoms with E-state index in [9.17, 15) is 39.3 Å². The van der Waals surface area contributed by atoms with Crippen molar-refractivity contribution in [1.82, 2.24) is 4.90 Å². The van der Waals surface area contributed by atoms with Gasteiger partial charge < -0.3 is 43.9 Å². The number of piperidine rings is 1. The topological polar surface area (TPSA) is 195 Å². The van der Waals surface area contributed by atoms with Crippen LogP contribution in [0.5, 0.6) is 0 Å². The minimum absolute atomic E-state index is 0.0885. The van der Waals surface area contributed by atoms with Gasteiger partial charge in [0, 0.05) is 62.4 Å². The van der Waals surface area contributed by atoms with E-state index in [-0.39, 0.29) is 58.7 Å². The number of ketones is 3. The molecule has 14 nitrogen and oxygen atoms in total. The summed E-state index contributed by atoms with van der Waals surface area (Å²) < 4.78 is 29.8. The van der Waals surface area contributed by atoms with Crippen LogP contribution >= 0.6 is 22.6 Å². The number of esters is 1. The summed E-state index contributed by atoms with van der Waals surface area (Å²) in [5.41, 5.74) is -0.458. The molecule has 16 atom stereocenters. The van der Waals surface area contributed by atoms with Crippen LogP contribution < -0.4 is 0 Å². The van der Waals surface area contributed by atoms with Crippen LogP contribution in [-0.2, 0) is 47.7 Å². The Morgan fingerprint density at radius 2 is 1.60 bits per heavy atom. The van der Waals surface area contributed by atoms with Crippen LogP contribution in [0.1, 0.15) is 139 Å². The van der Waals surface area contributed by atoms with Gasteiger partial charge in [0.1, 0.15) is 29.6 Å². The highest BCUT2D eigenvalue weighted by molar-refractivity contribution is 14.1. The number of aliphatic hydroxyl groups is 3. The van der Waals surface area contributed by atoms with Crippen molar-refractivity contribution in [2.45, 2.75) is 197 Å². The van der Waals surface area contributed by atoms with E-state index >= 15 is 0 Å². The maximum atomic E-state index is 14.4. The van der Waals surface area contributed by atoms with Gasteiger partial charge in [0.05, 0.1) is 24.4 Å². The first-order valence-corrected chi connectivity index (χ1v) is 25.9. The Hall–Kier alpha value is -2.38. The molecule has 380 valence electrons. The maximum absolute atomic E-state index is 14.4. The van der Waals surface area contributed by atoms with Crippen LogP contribution in [0.2, 0.25) is 0 Å². The molecule has 2 bridgehead atoms. The number of amides is 1. The van der Waals surface area contributed by atoms with Crippen LogP contribution in [0.15, 0.2) is 35.5 Å². The number of carbonyl (C=O) groups excluding carboxylic acids is 5. The molecule has 1 saturated carbocycles. The molecule has 0 aromatic rings. The lowest BCUT2D eigenvalue weighted by molar-refractivity contribution is -0.265. The molecule has 3 aliphatic heterocycles. The summed E-state index contributed by atoms with van der Waals surface area (Å²) in [6.45, 7) is 14.5. The van der Waals surface area contributed by atoms with Gasteiger partial charge in [0.15, 0.2) is 5.78 Å². The number of aliphatic hydroxyl groups excluding tert-OH is 1. The van der Waals surface area contributed by atoms with Crippen LogP contribution in [0.3, 0.4) is 0 Å². The van der Waals surface area contributed by atoms with Crippen molar-refractivity contribution >= 4 is 51.8 Å². The lowest BCUT2D eigenvalue weighted by atomic mass is 9.78. The van der Waals surface area contributed by atoms with E-state index in [0.29, 0.717) is 63.4 Å². The molecule has 3 N–H and O–H groups in total. The Labute approximate surface area is 413 Å². The van der Waals surface area contributed by atoms with Crippen LogP contribution in [0.25, 0.3) is 0 Å². The second-order valence-corrected chi connectivity index (χ2v) is 22.3. The molecule has 0 spiro atoms. The molecule has 0 radical (unpaired) electrons. The average Bonchev–Trinajstić information content (AvgIpc) is 3.28. The van der Waals surface area contributed by atoms with Crippen molar-refractivity contribution in [2.24, 2.45) is 35.5 Å². The molecule has 2 saturated heterocycles. The van der Waals surface area contributed by atoms with Crippen molar-refractivity contribution in [1.29, 1.82) is 0 Å². The molecule has 4 aliphatic rings. The molecule has 3 heterocycles. The number of methoxy groups -OCH3 is 3. The second-order valence-electron chi connectivity index (χ2n) is 20.7. The van der Waals surface area contributed by atoms with Crippen molar-refractivity contribution < 1.29 is 63.0 Å². The fraction of sp³-hybridized carbons (Fsp3) is 0.788. The SMILES string of the molecule is CO[C@H]1C[C@@H]2CC[C@@H](C)[C@@](O)(O2)C(=O)C(=O)N2CCCC[C@H]2C(=O)O[C@H]([C@H](C)C[C@@H]2CC[C@@H](O)[C@H](OC)C2)CC(=O)[C@H](C)/C=C(\C)[C@](C)(O)[C@@H](OC)C(=O)[C@H](C)C[C@H](C)CC(I)/C=C/C=C/1C. The Bertz CT molecular complexity index is 1800. The lowest BCUT2D eigenvalue weighted by Crippen LogP contribution is -2.61. The lowest BCUT2D eigenvalue weighted by Gasteiger charge is -2.42. The number of rotatable bonds is 6. The third-order valence-corrected chi connectivity index (χ3v) is 16.2. The number of hydrogen-bond donors (Lipinski definition) is 3. The van der Waals surface area contributed by atoms with Crippen molar-refractivity contribution in [2.75, 3.05) is 27.9 Å². The quantitative estimate of drug-likeness (QED) is 0.0795. The molecule has 0 aromatic heterocycles. The number of hydrogen-bond acceptors (Lipinski definition) is 13. The number of cyclic esters (lactones) is 1. The first-order valence-electron chi connectivity index (χ1n) is 24.7. The van der Waals surface area contributed by atoms with Gasteiger partial charge in [-0.2, -0.15) is 0 Å². The van der Waals surface area contributed by atoms with Crippen molar-refractivity contribution in [3.05, 3.63) is 35.5 Å². The average molecular weight is 1060 g/mol. The largest absolute Gasteiger partial charge is 0.460 e. The van der Waals surface area contributed by atoms with Crippen LogP contribution in [-0.4, -0.2) is 135 Å². The molecule has 15 heteroatoms. The van der Waals surface area contributed by atoms with E-state index in [0.717, 1.165) is 18.4 Å². The highest BCUT2D eigenvalue weighted by Gasteiger charge is 2.53. The number of alkyl halides is 1. The van der Waals surface area contributed by atoms with Gasteiger partial charge in [-0.05, 0) is 120 Å². The van der Waals surface area contributed by atoms with E-state index < -0.39 is 83.4 Å². The first-order chi connectivity index (χ1) is 31.5. The molecule has 0 aromatic carbocycles. The number of allylic oxidation sites excluding steroid dienone is 4. The molecule has 1 unspecified atom stereocenters. The third-order valence-electron chi connectivity index (χ3n) is 15.3. The molecule has 1 aliphatic carbocycles. The fourth-order valence-corrected chi connectivity index (χ4v) is 11.8. The summed E-state index contributed by atoms with van der Waals surface area (Å²) in [4.78, 5) is 72.4. The highest BCUT2D eigenvalue weighted by atomic mass is 127. The van der Waals surface area contributed by atoms with E-state index in [4.69, 9.17) is 23.7 Å². The maximum Gasteiger partial charge on any atom is 0.329 e. The Kier molecular flexibility index (Phi) is 21.9. The molecular formula is C52H82INO13. The Morgan fingerprint density at radius 1 is 0.896 bits per heavy atom. The number of nitrogens with zero attached hydrogens (tertiary/aromatic N) is 1. The summed E-state index contributed by atoms with van der Waals surface area (Å²) in [5, 5.41) is 34.4. The van der Waals surface area contributed by atoms with E-state index in [1.807, 2.05) is 32.9 Å². The summed E-state index contributed by atoms with van der Waals surface area (Å²) in [6, 6.07) is -1.14. The fourth-order valence-electron chi connectivity index (χ4n) is 10.7. The van der Waals surface area contributed by atoms with Gasteiger partial charge in [0.2, 0.25) is 5.79 Å². The number of ether oxygens (including phenoxy) is 5. The van der Waals surface area contributed by atoms with E-state index in [1.165, 1.54) is 18.9 Å². The predicted octanol–water partition coefficient (Wildman–Crippen LogP) is 7.21. The predicted molar refractivity (Wildman–Crippen MR) is 263 cm³/mol. The highest BCUT2D eigenvalue weighted by Crippen LogP contribution is 2.38. The second kappa shape index (κ2) is 25.7. The van der Waals surface area contributed by atoms with Crippen molar-refractivity contribution in [3.63, 3.8) is 0 Å². The zero-order valence-electron chi connectivity index (χ0n) is 42.0. The number of halogens is 1. The summed E-state index contributed by atoms with van der Waals surface area (Å²) in [5.74, 6) is -7.80. The van der Waals surface area contributed by atoms with E-state index in [2.05, 4.69) is 35.6 Å². The monoisotopic (exact) mass is 1060 g/mol. The number of carbonyl (C=O) groups is 5. The third kappa shape index (κ3) is 14.8. The zero-order chi connectivity index (χ0) is 50.0. The molecule has 3 fully saturated rings. The van der Waals surface area contributed by atoms with Gasteiger partial charge in [-0.25, -0.2) is 4.79 Å². The smallest absolute Gasteiger partial charge is 0.329 e. The zero-order valence-corrected chi connectivity index (χ0v) is 44.2. The minimum Gasteiger partial charge on any atom is -0.460 e.